The summed E-state index contributed by atoms with van der Waals surface area (Å²) in [5.74, 6) is 0. The van der Waals surface area contributed by atoms with Gasteiger partial charge < -0.3 is 5.32 Å². The zero-order chi connectivity index (χ0) is 12.3. The van der Waals surface area contributed by atoms with Crippen LogP contribution in [0.1, 0.15) is 57.9 Å². The lowest BCUT2D eigenvalue weighted by Crippen LogP contribution is -2.31. The SMILES string of the molecule is CCCCCCC(Cc1ccsc1)NCCC. The van der Waals surface area contributed by atoms with Gasteiger partial charge >= 0.3 is 0 Å². The highest BCUT2D eigenvalue weighted by atomic mass is 32.1. The summed E-state index contributed by atoms with van der Waals surface area (Å²) in [6.07, 6.45) is 9.25. The second kappa shape index (κ2) is 9.67. The Morgan fingerprint density at radius 2 is 2.06 bits per heavy atom. The Bertz CT molecular complexity index is 256. The average Bonchev–Trinajstić information content (AvgIpc) is 2.84. The summed E-state index contributed by atoms with van der Waals surface area (Å²) in [6, 6.07) is 2.94. The largest absolute Gasteiger partial charge is 0.314 e. The van der Waals surface area contributed by atoms with E-state index < -0.39 is 0 Å². The summed E-state index contributed by atoms with van der Waals surface area (Å²) >= 11 is 1.81. The molecule has 1 aromatic rings. The summed E-state index contributed by atoms with van der Waals surface area (Å²) in [5, 5.41) is 8.16. The molecule has 0 saturated carbocycles. The van der Waals surface area contributed by atoms with E-state index in [4.69, 9.17) is 0 Å². The van der Waals surface area contributed by atoms with Gasteiger partial charge in [0.1, 0.15) is 0 Å². The summed E-state index contributed by atoms with van der Waals surface area (Å²) in [7, 11) is 0. The molecule has 0 bridgehead atoms. The van der Waals surface area contributed by atoms with Crippen LogP contribution in [0.25, 0.3) is 0 Å². The molecule has 0 aliphatic heterocycles. The van der Waals surface area contributed by atoms with Crippen molar-refractivity contribution in [2.24, 2.45) is 0 Å². The zero-order valence-electron chi connectivity index (χ0n) is 11.4. The van der Waals surface area contributed by atoms with E-state index in [0.717, 1.165) is 6.54 Å². The van der Waals surface area contributed by atoms with Gasteiger partial charge in [0.05, 0.1) is 0 Å². The number of hydrogen-bond donors (Lipinski definition) is 1. The predicted octanol–water partition coefficient (Wildman–Crippen LogP) is 4.63. The van der Waals surface area contributed by atoms with Crippen LogP contribution in [-0.4, -0.2) is 12.6 Å². The van der Waals surface area contributed by atoms with Crippen molar-refractivity contribution < 1.29 is 0 Å². The lowest BCUT2D eigenvalue weighted by Gasteiger charge is -2.18. The standard InChI is InChI=1S/C15H27NS/c1-3-5-6-7-8-15(16-10-4-2)12-14-9-11-17-13-14/h9,11,13,15-16H,3-8,10,12H2,1-2H3. The molecule has 98 valence electrons. The summed E-state index contributed by atoms with van der Waals surface area (Å²) in [4.78, 5) is 0. The minimum atomic E-state index is 0.682. The first kappa shape index (κ1) is 14.7. The Balaban J connectivity index is 2.26. The first-order valence-corrected chi connectivity index (χ1v) is 8.05. The van der Waals surface area contributed by atoms with Gasteiger partial charge in [-0.3, -0.25) is 0 Å². The molecule has 0 radical (unpaired) electrons. The Labute approximate surface area is 111 Å². The van der Waals surface area contributed by atoms with E-state index in [1.165, 1.54) is 50.5 Å². The molecule has 0 amide bonds. The van der Waals surface area contributed by atoms with Gasteiger partial charge in [0.2, 0.25) is 0 Å². The molecule has 0 aliphatic carbocycles. The normalized spacial score (nSPS) is 12.8. The van der Waals surface area contributed by atoms with E-state index in [1.54, 1.807) is 0 Å². The lowest BCUT2D eigenvalue weighted by molar-refractivity contribution is 0.453. The van der Waals surface area contributed by atoms with Crippen molar-refractivity contribution in [2.45, 2.75) is 64.8 Å². The van der Waals surface area contributed by atoms with Crippen molar-refractivity contribution in [2.75, 3.05) is 6.54 Å². The molecule has 0 fully saturated rings. The minimum Gasteiger partial charge on any atom is -0.314 e. The fourth-order valence-electron chi connectivity index (χ4n) is 2.14. The topological polar surface area (TPSA) is 12.0 Å². The Hall–Kier alpha value is -0.340. The van der Waals surface area contributed by atoms with Crippen molar-refractivity contribution >= 4 is 11.3 Å². The monoisotopic (exact) mass is 253 g/mol. The molecule has 1 atom stereocenters. The van der Waals surface area contributed by atoms with E-state index >= 15 is 0 Å². The summed E-state index contributed by atoms with van der Waals surface area (Å²) in [6.45, 7) is 5.67. The molecule has 1 N–H and O–H groups in total. The predicted molar refractivity (Wildman–Crippen MR) is 78.9 cm³/mol. The Morgan fingerprint density at radius 1 is 1.18 bits per heavy atom. The van der Waals surface area contributed by atoms with Gasteiger partial charge in [-0.25, -0.2) is 0 Å². The van der Waals surface area contributed by atoms with Crippen LogP contribution in [0, 0.1) is 0 Å². The van der Waals surface area contributed by atoms with Crippen LogP contribution in [0.5, 0.6) is 0 Å². The second-order valence-corrected chi connectivity index (χ2v) is 5.62. The van der Waals surface area contributed by atoms with Crippen LogP contribution in [0.15, 0.2) is 16.8 Å². The molecule has 0 aliphatic rings. The van der Waals surface area contributed by atoms with Crippen molar-refractivity contribution in [3.05, 3.63) is 22.4 Å². The number of hydrogen-bond acceptors (Lipinski definition) is 2. The highest BCUT2D eigenvalue weighted by Crippen LogP contribution is 2.13. The maximum absolute atomic E-state index is 3.69. The van der Waals surface area contributed by atoms with Crippen LogP contribution in [0.3, 0.4) is 0 Å². The number of nitrogens with one attached hydrogen (secondary N) is 1. The van der Waals surface area contributed by atoms with Crippen molar-refractivity contribution in [1.29, 1.82) is 0 Å². The second-order valence-electron chi connectivity index (χ2n) is 4.84. The zero-order valence-corrected chi connectivity index (χ0v) is 12.2. The molecule has 1 nitrogen and oxygen atoms in total. The van der Waals surface area contributed by atoms with Crippen molar-refractivity contribution in [1.82, 2.24) is 5.32 Å². The lowest BCUT2D eigenvalue weighted by atomic mass is 10.0. The summed E-state index contributed by atoms with van der Waals surface area (Å²) < 4.78 is 0. The molecule has 1 aromatic heterocycles. The molecule has 0 saturated heterocycles. The third-order valence-corrected chi connectivity index (χ3v) is 3.88. The Kier molecular flexibility index (Phi) is 8.37. The van der Waals surface area contributed by atoms with E-state index in [2.05, 4.69) is 36.0 Å². The van der Waals surface area contributed by atoms with Crippen LogP contribution in [0.2, 0.25) is 0 Å². The van der Waals surface area contributed by atoms with Gasteiger partial charge in [0, 0.05) is 6.04 Å². The molecular formula is C15H27NS. The van der Waals surface area contributed by atoms with E-state index in [9.17, 15) is 0 Å². The first-order valence-electron chi connectivity index (χ1n) is 7.11. The quantitative estimate of drug-likeness (QED) is 0.600. The number of thiophene rings is 1. The van der Waals surface area contributed by atoms with Gasteiger partial charge in [-0.1, -0.05) is 39.5 Å². The highest BCUT2D eigenvalue weighted by Gasteiger charge is 2.08. The molecular weight excluding hydrogens is 226 g/mol. The van der Waals surface area contributed by atoms with Gasteiger partial charge in [-0.15, -0.1) is 0 Å². The van der Waals surface area contributed by atoms with Crippen LogP contribution >= 0.6 is 11.3 Å². The maximum Gasteiger partial charge on any atom is 0.0108 e. The number of rotatable bonds is 10. The molecule has 2 heteroatoms. The van der Waals surface area contributed by atoms with Gasteiger partial charge in [-0.05, 0) is 48.2 Å². The van der Waals surface area contributed by atoms with Gasteiger partial charge in [-0.2, -0.15) is 11.3 Å². The van der Waals surface area contributed by atoms with Crippen molar-refractivity contribution in [3.63, 3.8) is 0 Å². The number of unbranched alkanes of at least 4 members (excludes halogenated alkanes) is 3. The van der Waals surface area contributed by atoms with E-state index in [0.29, 0.717) is 6.04 Å². The summed E-state index contributed by atoms with van der Waals surface area (Å²) in [5.41, 5.74) is 1.50. The van der Waals surface area contributed by atoms with Crippen molar-refractivity contribution in [3.8, 4) is 0 Å². The Morgan fingerprint density at radius 3 is 2.71 bits per heavy atom. The third kappa shape index (κ3) is 6.85. The first-order chi connectivity index (χ1) is 8.36. The minimum absolute atomic E-state index is 0.682. The van der Waals surface area contributed by atoms with Crippen LogP contribution in [-0.2, 0) is 6.42 Å². The van der Waals surface area contributed by atoms with Crippen LogP contribution in [0.4, 0.5) is 0 Å². The molecule has 1 unspecified atom stereocenters. The van der Waals surface area contributed by atoms with Gasteiger partial charge in [0.25, 0.3) is 0 Å². The van der Waals surface area contributed by atoms with E-state index in [1.807, 2.05) is 11.3 Å². The van der Waals surface area contributed by atoms with E-state index in [-0.39, 0.29) is 0 Å². The fraction of sp³-hybridized carbons (Fsp3) is 0.733. The fourth-order valence-corrected chi connectivity index (χ4v) is 2.82. The smallest absolute Gasteiger partial charge is 0.0108 e. The average molecular weight is 253 g/mol. The molecule has 17 heavy (non-hydrogen) atoms. The molecule has 1 rings (SSSR count). The van der Waals surface area contributed by atoms with Crippen LogP contribution < -0.4 is 5.32 Å². The highest BCUT2D eigenvalue weighted by molar-refractivity contribution is 7.07. The maximum atomic E-state index is 3.69. The molecule has 0 spiro atoms. The third-order valence-electron chi connectivity index (χ3n) is 3.15. The molecule has 1 heterocycles. The molecule has 0 aromatic carbocycles. The van der Waals surface area contributed by atoms with Gasteiger partial charge in [0.15, 0.2) is 0 Å².